The topological polar surface area (TPSA) is 72.1 Å². The van der Waals surface area contributed by atoms with Gasteiger partial charge in [0.1, 0.15) is 23.9 Å². The minimum atomic E-state index is -0.617. The molecule has 0 fully saturated rings. The maximum absolute atomic E-state index is 11.7. The number of hydrogen-bond acceptors (Lipinski definition) is 6. The fourth-order valence-electron chi connectivity index (χ4n) is 3.26. The van der Waals surface area contributed by atoms with E-state index in [1.54, 1.807) is 12.1 Å². The molecule has 0 aliphatic carbocycles. The third-order valence-corrected chi connectivity index (χ3v) is 4.73. The van der Waals surface area contributed by atoms with Gasteiger partial charge in [-0.3, -0.25) is 0 Å². The van der Waals surface area contributed by atoms with Crippen LogP contribution in [0.1, 0.15) is 39.2 Å². The van der Waals surface area contributed by atoms with Crippen LogP contribution in [-0.4, -0.2) is 48.5 Å². The van der Waals surface area contributed by atoms with E-state index in [9.17, 15) is 9.90 Å². The van der Waals surface area contributed by atoms with Gasteiger partial charge in [-0.15, -0.1) is 0 Å². The first-order chi connectivity index (χ1) is 13.3. The molecular weight excluding hydrogens is 358 g/mol. The van der Waals surface area contributed by atoms with Crippen molar-refractivity contribution in [2.24, 2.45) is 0 Å². The first kappa shape index (κ1) is 20.4. The summed E-state index contributed by atoms with van der Waals surface area (Å²) in [6.45, 7) is 7.67. The second-order valence-electron chi connectivity index (χ2n) is 7.91. The molecule has 1 aliphatic heterocycles. The van der Waals surface area contributed by atoms with Crippen LogP contribution in [0.3, 0.4) is 0 Å². The minimum absolute atomic E-state index is 0.151. The lowest BCUT2D eigenvalue weighted by Crippen LogP contribution is -2.34. The first-order valence-electron chi connectivity index (χ1n) is 9.77. The molecule has 1 aromatic heterocycles. The molecule has 0 saturated carbocycles. The van der Waals surface area contributed by atoms with Gasteiger partial charge in [0.05, 0.1) is 5.56 Å². The molecule has 3 rings (SSSR count). The maximum atomic E-state index is 11.7. The highest BCUT2D eigenvalue weighted by atomic mass is 16.5. The SMILES string of the molecule is CCCCN(C)CC(O)COc1cc2ccc(=O)oc2c2c1OC(C)(C)C=C2. The smallest absolute Gasteiger partial charge is 0.336 e. The summed E-state index contributed by atoms with van der Waals surface area (Å²) in [6, 6.07) is 4.88. The number of fused-ring (bicyclic) bond motifs is 3. The van der Waals surface area contributed by atoms with Gasteiger partial charge in [-0.05, 0) is 58.1 Å². The predicted molar refractivity (Wildman–Crippen MR) is 110 cm³/mol. The molecule has 0 amide bonds. The summed E-state index contributed by atoms with van der Waals surface area (Å²) in [5.41, 5.74) is 0.236. The second-order valence-corrected chi connectivity index (χ2v) is 7.91. The molecule has 0 radical (unpaired) electrons. The summed E-state index contributed by atoms with van der Waals surface area (Å²) in [5, 5.41) is 11.1. The molecular formula is C22H29NO5. The van der Waals surface area contributed by atoms with Gasteiger partial charge < -0.3 is 23.9 Å². The average Bonchev–Trinajstić information content (AvgIpc) is 2.63. The molecule has 0 saturated heterocycles. The van der Waals surface area contributed by atoms with E-state index >= 15 is 0 Å². The highest BCUT2D eigenvalue weighted by Gasteiger charge is 2.28. The predicted octanol–water partition coefficient (Wildman–Crippen LogP) is 3.45. The van der Waals surface area contributed by atoms with Crippen LogP contribution in [0, 0.1) is 0 Å². The van der Waals surface area contributed by atoms with Gasteiger partial charge in [0.25, 0.3) is 0 Å². The molecule has 2 heterocycles. The zero-order valence-corrected chi connectivity index (χ0v) is 17.0. The van der Waals surface area contributed by atoms with Gasteiger partial charge in [0, 0.05) is 18.0 Å². The summed E-state index contributed by atoms with van der Waals surface area (Å²) >= 11 is 0. The lowest BCUT2D eigenvalue weighted by atomic mass is 10.00. The number of likely N-dealkylation sites (N-methyl/N-ethyl adjacent to an activating group) is 1. The Kier molecular flexibility index (Phi) is 6.10. The molecule has 1 aliphatic rings. The maximum Gasteiger partial charge on any atom is 0.336 e. The Morgan fingerprint density at radius 1 is 1.32 bits per heavy atom. The molecule has 6 heteroatoms. The highest BCUT2D eigenvalue weighted by Crippen LogP contribution is 2.43. The number of benzene rings is 1. The summed E-state index contributed by atoms with van der Waals surface area (Å²) in [5.74, 6) is 1.06. The van der Waals surface area contributed by atoms with Crippen molar-refractivity contribution in [1.29, 1.82) is 0 Å². The number of unbranched alkanes of at least 4 members (excludes halogenated alkanes) is 1. The third-order valence-electron chi connectivity index (χ3n) is 4.73. The summed E-state index contributed by atoms with van der Waals surface area (Å²) < 4.78 is 17.4. The van der Waals surface area contributed by atoms with Crippen molar-refractivity contribution < 1.29 is 19.0 Å². The summed E-state index contributed by atoms with van der Waals surface area (Å²) in [4.78, 5) is 13.8. The molecule has 6 nitrogen and oxygen atoms in total. The fraction of sp³-hybridized carbons (Fsp3) is 0.500. The van der Waals surface area contributed by atoms with E-state index in [2.05, 4.69) is 11.8 Å². The van der Waals surface area contributed by atoms with Crippen LogP contribution in [0.2, 0.25) is 0 Å². The zero-order chi connectivity index (χ0) is 20.3. The van der Waals surface area contributed by atoms with Crippen molar-refractivity contribution >= 4 is 17.0 Å². The van der Waals surface area contributed by atoms with E-state index in [1.165, 1.54) is 6.07 Å². The molecule has 1 atom stereocenters. The van der Waals surface area contributed by atoms with Gasteiger partial charge in [-0.25, -0.2) is 4.79 Å². The zero-order valence-electron chi connectivity index (χ0n) is 17.0. The Hall–Kier alpha value is -2.31. The van der Waals surface area contributed by atoms with Crippen molar-refractivity contribution in [2.45, 2.75) is 45.3 Å². The number of aliphatic hydroxyl groups is 1. The number of hydrogen-bond donors (Lipinski definition) is 1. The number of ether oxygens (including phenoxy) is 2. The molecule has 1 aromatic carbocycles. The van der Waals surface area contributed by atoms with E-state index in [0.717, 1.165) is 24.8 Å². The van der Waals surface area contributed by atoms with E-state index in [-0.39, 0.29) is 6.61 Å². The number of nitrogens with zero attached hydrogens (tertiary/aromatic N) is 1. The first-order valence-corrected chi connectivity index (χ1v) is 9.77. The molecule has 0 spiro atoms. The standard InChI is InChI=1S/C22H29NO5/c1-5-6-11-23(4)13-16(24)14-26-18-12-15-7-8-19(25)27-20(15)17-9-10-22(2,3)28-21(17)18/h7-10,12,16,24H,5-6,11,13-14H2,1-4H3. The van der Waals surface area contributed by atoms with Crippen LogP contribution in [-0.2, 0) is 0 Å². The van der Waals surface area contributed by atoms with Crippen molar-refractivity contribution in [2.75, 3.05) is 26.7 Å². The quantitative estimate of drug-likeness (QED) is 0.700. The monoisotopic (exact) mass is 387 g/mol. The Morgan fingerprint density at radius 3 is 2.86 bits per heavy atom. The molecule has 0 bridgehead atoms. The normalized spacial score (nSPS) is 16.1. The van der Waals surface area contributed by atoms with Gasteiger partial charge >= 0.3 is 5.63 Å². The van der Waals surface area contributed by atoms with Crippen LogP contribution in [0.4, 0.5) is 0 Å². The van der Waals surface area contributed by atoms with Gasteiger partial charge in [0.2, 0.25) is 0 Å². The fourth-order valence-corrected chi connectivity index (χ4v) is 3.26. The Balaban J connectivity index is 1.84. The van der Waals surface area contributed by atoms with Crippen LogP contribution in [0.5, 0.6) is 11.5 Å². The molecule has 28 heavy (non-hydrogen) atoms. The third kappa shape index (κ3) is 4.75. The van der Waals surface area contributed by atoms with Crippen molar-refractivity contribution in [1.82, 2.24) is 4.90 Å². The van der Waals surface area contributed by atoms with E-state index in [1.807, 2.05) is 33.0 Å². The number of rotatable bonds is 8. The average molecular weight is 387 g/mol. The van der Waals surface area contributed by atoms with Crippen LogP contribution in [0.25, 0.3) is 17.0 Å². The van der Waals surface area contributed by atoms with Gasteiger partial charge in [-0.2, -0.15) is 0 Å². The molecule has 1 unspecified atom stereocenters. The Labute approximate surface area is 165 Å². The largest absolute Gasteiger partial charge is 0.487 e. The summed E-state index contributed by atoms with van der Waals surface area (Å²) in [6.07, 6.45) is 5.42. The van der Waals surface area contributed by atoms with Crippen molar-refractivity contribution in [3.8, 4) is 11.5 Å². The van der Waals surface area contributed by atoms with E-state index in [0.29, 0.717) is 29.2 Å². The summed E-state index contributed by atoms with van der Waals surface area (Å²) in [7, 11) is 2.00. The Morgan fingerprint density at radius 2 is 2.11 bits per heavy atom. The van der Waals surface area contributed by atoms with E-state index < -0.39 is 17.3 Å². The molecule has 1 N–H and O–H groups in total. The van der Waals surface area contributed by atoms with E-state index in [4.69, 9.17) is 13.9 Å². The number of aliphatic hydroxyl groups excluding tert-OH is 1. The van der Waals surface area contributed by atoms with Crippen molar-refractivity contribution in [3.63, 3.8) is 0 Å². The minimum Gasteiger partial charge on any atom is -0.487 e. The Bertz CT molecular complexity index is 915. The van der Waals surface area contributed by atoms with Crippen LogP contribution in [0.15, 0.2) is 33.5 Å². The lowest BCUT2D eigenvalue weighted by Gasteiger charge is -2.30. The lowest BCUT2D eigenvalue weighted by molar-refractivity contribution is 0.0720. The second kappa shape index (κ2) is 8.37. The molecule has 2 aromatic rings. The van der Waals surface area contributed by atoms with Gasteiger partial charge in [-0.1, -0.05) is 13.3 Å². The van der Waals surface area contributed by atoms with Gasteiger partial charge in [0.15, 0.2) is 11.5 Å². The van der Waals surface area contributed by atoms with Crippen molar-refractivity contribution in [3.05, 3.63) is 40.3 Å². The van der Waals surface area contributed by atoms with Crippen LogP contribution < -0.4 is 15.1 Å². The van der Waals surface area contributed by atoms with Crippen LogP contribution >= 0.6 is 0 Å². The molecule has 152 valence electrons. The highest BCUT2D eigenvalue weighted by molar-refractivity contribution is 5.91.